The molecule has 0 saturated carbocycles. The number of ketones is 1. The van der Waals surface area contributed by atoms with Crippen LogP contribution >= 0.6 is 0 Å². The highest BCUT2D eigenvalue weighted by molar-refractivity contribution is 6.01. The third-order valence-electron chi connectivity index (χ3n) is 3.83. The summed E-state index contributed by atoms with van der Waals surface area (Å²) in [5.41, 5.74) is 3.04. The van der Waals surface area contributed by atoms with E-state index in [9.17, 15) is 9.59 Å². The van der Waals surface area contributed by atoms with Crippen molar-refractivity contribution in [3.05, 3.63) is 70.1 Å². The molecular weight excluding hydrogens is 276 g/mol. The van der Waals surface area contributed by atoms with Crippen molar-refractivity contribution in [3.8, 4) is 11.1 Å². The fraction of sp³-hybridized carbons (Fsp3) is 0.158. The Balaban J connectivity index is 2.42. The van der Waals surface area contributed by atoms with E-state index in [2.05, 4.69) is 0 Å². The van der Waals surface area contributed by atoms with Gasteiger partial charge in [0.05, 0.1) is 0 Å². The van der Waals surface area contributed by atoms with Crippen molar-refractivity contribution in [1.29, 1.82) is 0 Å². The minimum absolute atomic E-state index is 0.0953. The molecule has 3 rings (SSSR count). The largest absolute Gasteiger partial charge is 0.422 e. The fourth-order valence-corrected chi connectivity index (χ4v) is 2.65. The first kappa shape index (κ1) is 14.3. The van der Waals surface area contributed by atoms with Crippen LogP contribution < -0.4 is 5.63 Å². The van der Waals surface area contributed by atoms with Crippen molar-refractivity contribution in [1.82, 2.24) is 0 Å². The van der Waals surface area contributed by atoms with Crippen LogP contribution in [0.2, 0.25) is 0 Å². The highest BCUT2D eigenvalue weighted by Crippen LogP contribution is 2.31. The molecule has 0 bridgehead atoms. The standard InChI is InChI=1S/C19H16O3/c1-3-13-9-10-15(14-7-5-4-6-8-14)17-11-16(12(2)20)19(21)22-18(13)17/h4-11H,3H2,1-2H3. The van der Waals surface area contributed by atoms with Crippen LogP contribution in [-0.2, 0) is 6.42 Å². The van der Waals surface area contributed by atoms with Crippen LogP contribution in [0.4, 0.5) is 0 Å². The highest BCUT2D eigenvalue weighted by Gasteiger charge is 2.15. The van der Waals surface area contributed by atoms with Crippen molar-refractivity contribution in [2.75, 3.05) is 0 Å². The van der Waals surface area contributed by atoms with Gasteiger partial charge in [0, 0.05) is 5.39 Å². The molecule has 22 heavy (non-hydrogen) atoms. The van der Waals surface area contributed by atoms with E-state index in [-0.39, 0.29) is 11.3 Å². The zero-order valence-electron chi connectivity index (χ0n) is 12.6. The Labute approximate surface area is 128 Å². The second-order valence-electron chi connectivity index (χ2n) is 5.24. The molecule has 110 valence electrons. The first-order valence-corrected chi connectivity index (χ1v) is 7.28. The average Bonchev–Trinajstić information content (AvgIpc) is 2.53. The van der Waals surface area contributed by atoms with Gasteiger partial charge in [-0.25, -0.2) is 4.79 Å². The number of hydrogen-bond donors (Lipinski definition) is 0. The number of rotatable bonds is 3. The van der Waals surface area contributed by atoms with Crippen molar-refractivity contribution in [2.24, 2.45) is 0 Å². The van der Waals surface area contributed by atoms with E-state index in [0.717, 1.165) is 28.5 Å². The molecule has 0 N–H and O–H groups in total. The number of carbonyl (C=O) groups excluding carboxylic acids is 1. The molecule has 0 aliphatic heterocycles. The number of Topliss-reactive ketones (excluding diaryl/α,β-unsaturated/α-hetero) is 1. The molecule has 3 aromatic rings. The highest BCUT2D eigenvalue weighted by atomic mass is 16.4. The molecule has 2 aromatic carbocycles. The number of hydrogen-bond acceptors (Lipinski definition) is 3. The van der Waals surface area contributed by atoms with Gasteiger partial charge in [0.1, 0.15) is 11.1 Å². The number of aryl methyl sites for hydroxylation is 1. The summed E-state index contributed by atoms with van der Waals surface area (Å²) in [5, 5.41) is 0.801. The Hall–Kier alpha value is -2.68. The summed E-state index contributed by atoms with van der Waals surface area (Å²) in [6.45, 7) is 3.39. The Morgan fingerprint density at radius 1 is 1.09 bits per heavy atom. The predicted molar refractivity (Wildman–Crippen MR) is 87.3 cm³/mol. The summed E-state index contributed by atoms with van der Waals surface area (Å²) in [5.74, 6) is -0.281. The monoisotopic (exact) mass is 292 g/mol. The first-order valence-electron chi connectivity index (χ1n) is 7.28. The predicted octanol–water partition coefficient (Wildman–Crippen LogP) is 4.23. The van der Waals surface area contributed by atoms with E-state index in [1.807, 2.05) is 49.4 Å². The lowest BCUT2D eigenvalue weighted by atomic mass is 9.96. The lowest BCUT2D eigenvalue weighted by molar-refractivity contribution is 0.101. The second-order valence-corrected chi connectivity index (χ2v) is 5.24. The second kappa shape index (κ2) is 5.60. The molecule has 0 saturated heterocycles. The summed E-state index contributed by atoms with van der Waals surface area (Å²) in [6, 6.07) is 15.5. The van der Waals surface area contributed by atoms with Crippen LogP contribution in [0, 0.1) is 0 Å². The molecule has 0 radical (unpaired) electrons. The zero-order chi connectivity index (χ0) is 15.7. The first-order chi connectivity index (χ1) is 10.6. The molecule has 0 spiro atoms. The third kappa shape index (κ3) is 2.35. The molecule has 0 unspecified atom stereocenters. The lowest BCUT2D eigenvalue weighted by Crippen LogP contribution is -2.11. The summed E-state index contributed by atoms with van der Waals surface area (Å²) < 4.78 is 5.46. The Kier molecular flexibility index (Phi) is 3.63. The number of fused-ring (bicyclic) bond motifs is 1. The van der Waals surface area contributed by atoms with Crippen LogP contribution in [-0.4, -0.2) is 5.78 Å². The Morgan fingerprint density at radius 2 is 1.82 bits per heavy atom. The van der Waals surface area contributed by atoms with Crippen molar-refractivity contribution < 1.29 is 9.21 Å². The van der Waals surface area contributed by atoms with E-state index in [1.54, 1.807) is 6.07 Å². The topological polar surface area (TPSA) is 47.3 Å². The summed E-state index contributed by atoms with van der Waals surface area (Å²) in [4.78, 5) is 23.7. The minimum atomic E-state index is -0.570. The smallest absolute Gasteiger partial charge is 0.347 e. The van der Waals surface area contributed by atoms with Crippen LogP contribution in [0.1, 0.15) is 29.8 Å². The van der Waals surface area contributed by atoms with Gasteiger partial charge in [-0.2, -0.15) is 0 Å². The maximum Gasteiger partial charge on any atom is 0.347 e. The molecule has 0 atom stereocenters. The van der Waals surface area contributed by atoms with Gasteiger partial charge >= 0.3 is 5.63 Å². The summed E-state index contributed by atoms with van der Waals surface area (Å²) in [7, 11) is 0. The van der Waals surface area contributed by atoms with Crippen molar-refractivity contribution >= 4 is 16.8 Å². The molecule has 3 nitrogen and oxygen atoms in total. The van der Waals surface area contributed by atoms with Gasteiger partial charge in [0.15, 0.2) is 5.78 Å². The van der Waals surface area contributed by atoms with Crippen molar-refractivity contribution in [2.45, 2.75) is 20.3 Å². The van der Waals surface area contributed by atoms with Crippen LogP contribution in [0.25, 0.3) is 22.1 Å². The van der Waals surface area contributed by atoms with Gasteiger partial charge in [-0.15, -0.1) is 0 Å². The van der Waals surface area contributed by atoms with E-state index in [4.69, 9.17) is 4.42 Å². The van der Waals surface area contributed by atoms with E-state index in [1.165, 1.54) is 6.92 Å². The van der Waals surface area contributed by atoms with E-state index in [0.29, 0.717) is 5.58 Å². The zero-order valence-corrected chi connectivity index (χ0v) is 12.6. The van der Waals surface area contributed by atoms with Gasteiger partial charge in [-0.05, 0) is 36.1 Å². The molecule has 0 amide bonds. The number of carbonyl (C=O) groups is 1. The van der Waals surface area contributed by atoms with E-state index >= 15 is 0 Å². The maximum absolute atomic E-state index is 12.0. The molecule has 0 aliphatic rings. The third-order valence-corrected chi connectivity index (χ3v) is 3.83. The van der Waals surface area contributed by atoms with Gasteiger partial charge in [0.25, 0.3) is 0 Å². The van der Waals surface area contributed by atoms with Gasteiger partial charge < -0.3 is 4.42 Å². The SMILES string of the molecule is CCc1ccc(-c2ccccc2)c2cc(C(C)=O)c(=O)oc12. The van der Waals surface area contributed by atoms with E-state index < -0.39 is 5.63 Å². The molecule has 0 aliphatic carbocycles. The van der Waals surface area contributed by atoms with Crippen LogP contribution in [0.3, 0.4) is 0 Å². The molecule has 3 heteroatoms. The normalized spacial score (nSPS) is 10.8. The minimum Gasteiger partial charge on any atom is -0.422 e. The summed E-state index contributed by atoms with van der Waals surface area (Å²) >= 11 is 0. The molecular formula is C19H16O3. The fourth-order valence-electron chi connectivity index (χ4n) is 2.65. The van der Waals surface area contributed by atoms with Crippen LogP contribution in [0.15, 0.2) is 57.7 Å². The molecule has 0 fully saturated rings. The molecule has 1 aromatic heterocycles. The Morgan fingerprint density at radius 3 is 2.45 bits per heavy atom. The quantitative estimate of drug-likeness (QED) is 0.536. The molecule has 1 heterocycles. The van der Waals surface area contributed by atoms with Gasteiger partial charge in [-0.1, -0.05) is 49.4 Å². The van der Waals surface area contributed by atoms with Gasteiger partial charge in [-0.3, -0.25) is 4.79 Å². The Bertz CT molecular complexity index is 905. The average molecular weight is 292 g/mol. The van der Waals surface area contributed by atoms with Crippen molar-refractivity contribution in [3.63, 3.8) is 0 Å². The maximum atomic E-state index is 12.0. The number of benzene rings is 2. The summed E-state index contributed by atoms with van der Waals surface area (Å²) in [6.07, 6.45) is 0.758. The van der Waals surface area contributed by atoms with Crippen LogP contribution in [0.5, 0.6) is 0 Å². The van der Waals surface area contributed by atoms with Gasteiger partial charge in [0.2, 0.25) is 0 Å². The lowest BCUT2D eigenvalue weighted by Gasteiger charge is -2.10.